The van der Waals surface area contributed by atoms with E-state index in [1.54, 1.807) is 40.8 Å². The SMILES string of the molecule is CCn1ncc(NC(=O)c2cnn3c(-c4cccs4)ccnc23)c1C(=O)N(C)C. The Bertz CT molecular complexity index is 1190. The van der Waals surface area contributed by atoms with Crippen LogP contribution in [0.15, 0.2) is 42.2 Å². The van der Waals surface area contributed by atoms with Gasteiger partial charge in [-0.2, -0.15) is 10.2 Å². The van der Waals surface area contributed by atoms with E-state index < -0.39 is 5.91 Å². The normalized spacial score (nSPS) is 11.0. The predicted molar refractivity (Wildman–Crippen MR) is 110 cm³/mol. The summed E-state index contributed by atoms with van der Waals surface area (Å²) >= 11 is 1.58. The van der Waals surface area contributed by atoms with E-state index in [4.69, 9.17) is 0 Å². The molecule has 0 bridgehead atoms. The zero-order valence-corrected chi connectivity index (χ0v) is 17.0. The molecule has 4 aromatic heterocycles. The third-order valence-corrected chi connectivity index (χ3v) is 5.31. The third kappa shape index (κ3) is 3.27. The Labute approximate surface area is 170 Å². The lowest BCUT2D eigenvalue weighted by Gasteiger charge is -2.13. The van der Waals surface area contributed by atoms with Crippen molar-refractivity contribution in [3.8, 4) is 10.6 Å². The number of aromatic nitrogens is 5. The standard InChI is InChI=1S/C19H19N7O2S/c1-4-25-16(19(28)24(2)3)13(11-21-25)23-18(27)12-10-22-26-14(7-8-20-17(12)26)15-6-5-9-29-15/h5-11H,4H2,1-3H3,(H,23,27). The van der Waals surface area contributed by atoms with E-state index in [0.717, 1.165) is 10.6 Å². The molecule has 0 spiro atoms. The number of thiophene rings is 1. The van der Waals surface area contributed by atoms with E-state index in [2.05, 4.69) is 20.5 Å². The smallest absolute Gasteiger partial charge is 0.273 e. The van der Waals surface area contributed by atoms with Gasteiger partial charge in [0, 0.05) is 26.8 Å². The summed E-state index contributed by atoms with van der Waals surface area (Å²) in [5.41, 5.74) is 2.29. The van der Waals surface area contributed by atoms with Crippen molar-refractivity contribution < 1.29 is 9.59 Å². The average molecular weight is 409 g/mol. The number of anilines is 1. The molecule has 1 N–H and O–H groups in total. The topological polar surface area (TPSA) is 97.4 Å². The van der Waals surface area contributed by atoms with Crippen LogP contribution in [0.1, 0.15) is 27.8 Å². The molecule has 0 radical (unpaired) electrons. The third-order valence-electron chi connectivity index (χ3n) is 4.42. The van der Waals surface area contributed by atoms with Crippen molar-refractivity contribution in [1.29, 1.82) is 0 Å². The quantitative estimate of drug-likeness (QED) is 0.546. The molecule has 148 valence electrons. The summed E-state index contributed by atoms with van der Waals surface area (Å²) in [5, 5.41) is 13.3. The van der Waals surface area contributed by atoms with Gasteiger partial charge >= 0.3 is 0 Å². The van der Waals surface area contributed by atoms with Gasteiger partial charge in [-0.15, -0.1) is 11.3 Å². The van der Waals surface area contributed by atoms with Crippen molar-refractivity contribution in [3.05, 3.63) is 53.4 Å². The minimum absolute atomic E-state index is 0.238. The second-order valence-electron chi connectivity index (χ2n) is 6.48. The highest BCUT2D eigenvalue weighted by Gasteiger charge is 2.23. The van der Waals surface area contributed by atoms with E-state index in [-0.39, 0.29) is 5.91 Å². The van der Waals surface area contributed by atoms with Gasteiger partial charge in [0.2, 0.25) is 0 Å². The largest absolute Gasteiger partial charge is 0.343 e. The molecule has 0 saturated carbocycles. The first-order chi connectivity index (χ1) is 14.0. The number of fused-ring (bicyclic) bond motifs is 1. The maximum Gasteiger partial charge on any atom is 0.273 e. The number of amides is 2. The number of nitrogens with zero attached hydrogens (tertiary/aromatic N) is 6. The zero-order valence-electron chi connectivity index (χ0n) is 16.2. The lowest BCUT2D eigenvalue weighted by molar-refractivity contribution is 0.0816. The Kier molecular flexibility index (Phi) is 4.85. The van der Waals surface area contributed by atoms with E-state index in [1.807, 2.05) is 30.5 Å². The van der Waals surface area contributed by atoms with Gasteiger partial charge in [-0.25, -0.2) is 9.50 Å². The van der Waals surface area contributed by atoms with E-state index in [1.165, 1.54) is 17.3 Å². The Morgan fingerprint density at radius 3 is 2.72 bits per heavy atom. The molecule has 4 aromatic rings. The Hall–Kier alpha value is -3.53. The highest BCUT2D eigenvalue weighted by molar-refractivity contribution is 7.13. The maximum absolute atomic E-state index is 13.0. The van der Waals surface area contributed by atoms with Gasteiger partial charge in [0.25, 0.3) is 11.8 Å². The number of nitrogens with one attached hydrogen (secondary N) is 1. The van der Waals surface area contributed by atoms with E-state index >= 15 is 0 Å². The molecule has 0 aliphatic rings. The number of carbonyl (C=O) groups is 2. The van der Waals surface area contributed by atoms with Crippen molar-refractivity contribution in [3.63, 3.8) is 0 Å². The summed E-state index contributed by atoms with van der Waals surface area (Å²) in [4.78, 5) is 32.3. The van der Waals surface area contributed by atoms with Crippen molar-refractivity contribution >= 4 is 34.5 Å². The molecule has 0 aliphatic carbocycles. The molecule has 0 aliphatic heterocycles. The summed E-state index contributed by atoms with van der Waals surface area (Å²) < 4.78 is 3.20. The molecule has 0 atom stereocenters. The molecule has 9 nitrogen and oxygen atoms in total. The van der Waals surface area contributed by atoms with Crippen LogP contribution in [0.2, 0.25) is 0 Å². The maximum atomic E-state index is 13.0. The van der Waals surface area contributed by atoms with Crippen LogP contribution in [-0.2, 0) is 6.54 Å². The molecule has 4 heterocycles. The molecular weight excluding hydrogens is 390 g/mol. The van der Waals surface area contributed by atoms with Crippen LogP contribution in [-0.4, -0.2) is 55.2 Å². The van der Waals surface area contributed by atoms with Crippen molar-refractivity contribution in [1.82, 2.24) is 29.3 Å². The summed E-state index contributed by atoms with van der Waals surface area (Å²) in [6.45, 7) is 2.39. The van der Waals surface area contributed by atoms with Crippen LogP contribution >= 0.6 is 11.3 Å². The molecule has 29 heavy (non-hydrogen) atoms. The number of aryl methyl sites for hydroxylation is 1. The van der Waals surface area contributed by atoms with Gasteiger partial charge in [-0.1, -0.05) is 6.07 Å². The highest BCUT2D eigenvalue weighted by atomic mass is 32.1. The van der Waals surface area contributed by atoms with Crippen LogP contribution in [0.5, 0.6) is 0 Å². The Morgan fingerprint density at radius 2 is 2.03 bits per heavy atom. The fraction of sp³-hybridized carbons (Fsp3) is 0.211. The molecule has 4 rings (SSSR count). The van der Waals surface area contributed by atoms with Crippen LogP contribution in [0.3, 0.4) is 0 Å². The lowest BCUT2D eigenvalue weighted by atomic mass is 10.2. The van der Waals surface area contributed by atoms with Gasteiger partial charge in [0.1, 0.15) is 11.3 Å². The fourth-order valence-corrected chi connectivity index (χ4v) is 3.74. The fourth-order valence-electron chi connectivity index (χ4n) is 3.01. The summed E-state index contributed by atoms with van der Waals surface area (Å²) in [5.74, 6) is -0.642. The highest BCUT2D eigenvalue weighted by Crippen LogP contribution is 2.26. The van der Waals surface area contributed by atoms with Crippen molar-refractivity contribution in [2.24, 2.45) is 0 Å². The number of rotatable bonds is 5. The van der Waals surface area contributed by atoms with Gasteiger partial charge < -0.3 is 10.2 Å². The Morgan fingerprint density at radius 1 is 1.21 bits per heavy atom. The average Bonchev–Trinajstić information content (AvgIpc) is 3.45. The second-order valence-corrected chi connectivity index (χ2v) is 7.43. The molecule has 0 fully saturated rings. The zero-order chi connectivity index (χ0) is 20.5. The summed E-state index contributed by atoms with van der Waals surface area (Å²) in [6, 6.07) is 5.80. The Balaban J connectivity index is 1.70. The summed E-state index contributed by atoms with van der Waals surface area (Å²) in [7, 11) is 3.31. The van der Waals surface area contributed by atoms with Gasteiger partial charge in [-0.05, 0) is 24.4 Å². The lowest BCUT2D eigenvalue weighted by Crippen LogP contribution is -2.26. The first-order valence-electron chi connectivity index (χ1n) is 8.96. The van der Waals surface area contributed by atoms with Crippen LogP contribution in [0.4, 0.5) is 5.69 Å². The molecule has 10 heteroatoms. The minimum atomic E-state index is -0.403. The van der Waals surface area contributed by atoms with Gasteiger partial charge in [0.15, 0.2) is 5.65 Å². The molecular formula is C19H19N7O2S. The van der Waals surface area contributed by atoms with Crippen LogP contribution in [0.25, 0.3) is 16.2 Å². The van der Waals surface area contributed by atoms with Crippen LogP contribution < -0.4 is 5.32 Å². The molecule has 0 unspecified atom stereocenters. The van der Waals surface area contributed by atoms with Crippen molar-refractivity contribution in [2.75, 3.05) is 19.4 Å². The van der Waals surface area contributed by atoms with Crippen LogP contribution in [0, 0.1) is 0 Å². The number of hydrogen-bond acceptors (Lipinski definition) is 6. The molecule has 2 amide bonds. The number of hydrogen-bond donors (Lipinski definition) is 1. The molecule has 0 aromatic carbocycles. The first-order valence-corrected chi connectivity index (χ1v) is 9.84. The second kappa shape index (κ2) is 7.47. The minimum Gasteiger partial charge on any atom is -0.343 e. The first kappa shape index (κ1) is 18.8. The number of carbonyl (C=O) groups excluding carboxylic acids is 2. The van der Waals surface area contributed by atoms with Gasteiger partial charge in [-0.3, -0.25) is 14.3 Å². The van der Waals surface area contributed by atoms with Crippen molar-refractivity contribution in [2.45, 2.75) is 13.5 Å². The molecule has 0 saturated heterocycles. The summed E-state index contributed by atoms with van der Waals surface area (Å²) in [6.07, 6.45) is 4.61. The predicted octanol–water partition coefficient (Wildman–Crippen LogP) is 2.63. The van der Waals surface area contributed by atoms with Gasteiger partial charge in [0.05, 0.1) is 28.7 Å². The monoisotopic (exact) mass is 409 g/mol. The van der Waals surface area contributed by atoms with E-state index in [0.29, 0.717) is 29.1 Å². The van der Waals surface area contributed by atoms with E-state index in [9.17, 15) is 9.59 Å².